The van der Waals surface area contributed by atoms with Gasteiger partial charge in [-0.1, -0.05) is 13.3 Å². The third-order valence-electron chi connectivity index (χ3n) is 1.99. The summed E-state index contributed by atoms with van der Waals surface area (Å²) in [6.07, 6.45) is 6.40. The van der Waals surface area contributed by atoms with E-state index in [0.29, 0.717) is 0 Å². The zero-order valence-corrected chi connectivity index (χ0v) is 6.19. The first kappa shape index (κ1) is 7.07. The molecule has 1 atom stereocenters. The molecular weight excluding hydrogens is 110 g/mol. The van der Waals surface area contributed by atoms with Crippen LogP contribution in [0.3, 0.4) is 0 Å². The summed E-state index contributed by atoms with van der Waals surface area (Å²) in [5, 5.41) is 3.42. The highest BCUT2D eigenvalue weighted by atomic mass is 14.9. The Labute approximate surface area is 57.8 Å². The van der Waals surface area contributed by atoms with E-state index in [1.807, 2.05) is 0 Å². The van der Waals surface area contributed by atoms with Crippen molar-refractivity contribution in [2.75, 3.05) is 13.1 Å². The lowest BCUT2D eigenvalue weighted by Crippen LogP contribution is -2.19. The molecule has 0 aromatic carbocycles. The van der Waals surface area contributed by atoms with Gasteiger partial charge in [-0.05, 0) is 38.3 Å². The highest BCUT2D eigenvalue weighted by Gasteiger charge is 2.08. The number of hydrogen-bond donors (Lipinski definition) is 1. The highest BCUT2D eigenvalue weighted by molar-refractivity contribution is 4.80. The fourth-order valence-corrected chi connectivity index (χ4v) is 1.26. The predicted molar refractivity (Wildman–Crippen MR) is 40.2 cm³/mol. The summed E-state index contributed by atoms with van der Waals surface area (Å²) in [4.78, 5) is 0. The molecule has 1 nitrogen and oxygen atoms in total. The van der Waals surface area contributed by atoms with Gasteiger partial charge in [-0.3, -0.25) is 0 Å². The van der Waals surface area contributed by atoms with Crippen LogP contribution in [-0.2, 0) is 0 Å². The smallest absolute Gasteiger partial charge is 0.00179 e. The monoisotopic (exact) mass is 126 g/mol. The van der Waals surface area contributed by atoms with Crippen LogP contribution in [0.2, 0.25) is 0 Å². The Bertz CT molecular complexity index is 63.0. The van der Waals surface area contributed by atoms with Gasteiger partial charge in [0.15, 0.2) is 0 Å². The Morgan fingerprint density at radius 2 is 2.56 bits per heavy atom. The Morgan fingerprint density at radius 3 is 3.33 bits per heavy atom. The van der Waals surface area contributed by atoms with Crippen LogP contribution < -0.4 is 5.32 Å². The zero-order chi connectivity index (χ0) is 6.53. The topological polar surface area (TPSA) is 12.0 Å². The van der Waals surface area contributed by atoms with E-state index in [0.717, 1.165) is 5.92 Å². The van der Waals surface area contributed by atoms with Crippen molar-refractivity contribution in [2.24, 2.45) is 5.92 Å². The molecule has 0 spiro atoms. The quantitative estimate of drug-likeness (QED) is 0.562. The van der Waals surface area contributed by atoms with Crippen LogP contribution >= 0.6 is 0 Å². The Kier molecular flexibility index (Phi) is 3.05. The summed E-state index contributed by atoms with van der Waals surface area (Å²) in [6, 6.07) is 0. The molecule has 0 saturated carbocycles. The second-order valence-corrected chi connectivity index (χ2v) is 2.75. The van der Waals surface area contributed by atoms with Gasteiger partial charge in [0, 0.05) is 0 Å². The van der Waals surface area contributed by atoms with Gasteiger partial charge in [0.1, 0.15) is 0 Å². The van der Waals surface area contributed by atoms with Crippen molar-refractivity contribution in [3.05, 3.63) is 6.42 Å². The van der Waals surface area contributed by atoms with Crippen LogP contribution in [0.4, 0.5) is 0 Å². The Hall–Kier alpha value is -0.0400. The van der Waals surface area contributed by atoms with E-state index in [-0.39, 0.29) is 0 Å². The molecule has 1 rings (SSSR count). The Balaban J connectivity index is 2.18. The molecule has 1 unspecified atom stereocenters. The van der Waals surface area contributed by atoms with E-state index in [9.17, 15) is 0 Å². The van der Waals surface area contributed by atoms with E-state index in [4.69, 9.17) is 0 Å². The van der Waals surface area contributed by atoms with Gasteiger partial charge in [-0.25, -0.2) is 0 Å². The minimum Gasteiger partial charge on any atom is -0.316 e. The second-order valence-electron chi connectivity index (χ2n) is 2.75. The summed E-state index contributed by atoms with van der Waals surface area (Å²) in [5.41, 5.74) is 0. The van der Waals surface area contributed by atoms with E-state index in [2.05, 4.69) is 18.7 Å². The zero-order valence-electron chi connectivity index (χ0n) is 6.19. The normalized spacial score (nSPS) is 29.7. The molecule has 0 aliphatic carbocycles. The molecule has 1 heterocycles. The summed E-state index contributed by atoms with van der Waals surface area (Å²) in [6.45, 7) is 4.68. The Morgan fingerprint density at radius 1 is 1.67 bits per heavy atom. The molecule has 1 aliphatic rings. The summed E-state index contributed by atoms with van der Waals surface area (Å²) >= 11 is 0. The van der Waals surface area contributed by atoms with E-state index in [1.165, 1.54) is 32.4 Å². The summed E-state index contributed by atoms with van der Waals surface area (Å²) in [7, 11) is 0. The highest BCUT2D eigenvalue weighted by Crippen LogP contribution is 2.12. The van der Waals surface area contributed by atoms with Gasteiger partial charge in [-0.2, -0.15) is 0 Å². The lowest BCUT2D eigenvalue weighted by atomic mass is 10.0. The molecular formula is C8H16N. The summed E-state index contributed by atoms with van der Waals surface area (Å²) in [5.74, 6) is 0.840. The average molecular weight is 126 g/mol. The molecule has 1 fully saturated rings. The van der Waals surface area contributed by atoms with Crippen molar-refractivity contribution in [1.29, 1.82) is 0 Å². The maximum Gasteiger partial charge on any atom is -0.00179 e. The molecule has 1 heteroatoms. The lowest BCUT2D eigenvalue weighted by Gasteiger charge is -2.08. The molecule has 1 aliphatic heterocycles. The molecule has 0 bridgehead atoms. The summed E-state index contributed by atoms with van der Waals surface area (Å²) < 4.78 is 0. The van der Waals surface area contributed by atoms with Crippen LogP contribution in [0.15, 0.2) is 0 Å². The largest absolute Gasteiger partial charge is 0.316 e. The number of nitrogens with one attached hydrogen (secondary N) is 1. The van der Waals surface area contributed by atoms with Gasteiger partial charge in [0.05, 0.1) is 0 Å². The minimum absolute atomic E-state index is 0.840. The van der Waals surface area contributed by atoms with Crippen LogP contribution in [-0.4, -0.2) is 13.1 Å². The van der Waals surface area contributed by atoms with Crippen molar-refractivity contribution in [3.63, 3.8) is 0 Å². The molecule has 1 saturated heterocycles. The van der Waals surface area contributed by atoms with Gasteiger partial charge in [0.2, 0.25) is 0 Å². The first-order valence-electron chi connectivity index (χ1n) is 3.97. The van der Waals surface area contributed by atoms with E-state index < -0.39 is 0 Å². The molecule has 53 valence electrons. The molecule has 1 radical (unpaired) electrons. The SMILES string of the molecule is CCC1[CH]CCCNC1. The molecule has 0 aromatic heterocycles. The lowest BCUT2D eigenvalue weighted by molar-refractivity contribution is 0.546. The number of hydrogen-bond acceptors (Lipinski definition) is 1. The van der Waals surface area contributed by atoms with Crippen molar-refractivity contribution >= 4 is 0 Å². The maximum atomic E-state index is 3.42. The van der Waals surface area contributed by atoms with Crippen molar-refractivity contribution in [3.8, 4) is 0 Å². The molecule has 0 aromatic rings. The van der Waals surface area contributed by atoms with Crippen molar-refractivity contribution < 1.29 is 0 Å². The van der Waals surface area contributed by atoms with Crippen LogP contribution in [0, 0.1) is 12.3 Å². The first-order chi connectivity index (χ1) is 4.43. The van der Waals surface area contributed by atoms with Gasteiger partial charge in [0.25, 0.3) is 0 Å². The fourth-order valence-electron chi connectivity index (χ4n) is 1.26. The third kappa shape index (κ3) is 2.35. The second kappa shape index (κ2) is 3.89. The van der Waals surface area contributed by atoms with Gasteiger partial charge >= 0.3 is 0 Å². The van der Waals surface area contributed by atoms with E-state index >= 15 is 0 Å². The van der Waals surface area contributed by atoms with Crippen molar-refractivity contribution in [1.82, 2.24) is 5.32 Å². The standard InChI is InChI=1S/C8H16N/c1-2-8-5-3-4-6-9-7-8/h5,8-9H,2-4,6-7H2,1H3. The van der Waals surface area contributed by atoms with Crippen LogP contribution in [0.25, 0.3) is 0 Å². The molecule has 1 N–H and O–H groups in total. The third-order valence-corrected chi connectivity index (χ3v) is 1.99. The van der Waals surface area contributed by atoms with E-state index in [1.54, 1.807) is 0 Å². The molecule has 9 heavy (non-hydrogen) atoms. The van der Waals surface area contributed by atoms with Crippen LogP contribution in [0.5, 0.6) is 0 Å². The predicted octanol–water partition coefficient (Wildman–Crippen LogP) is 1.60. The van der Waals surface area contributed by atoms with Crippen LogP contribution in [0.1, 0.15) is 26.2 Å². The van der Waals surface area contributed by atoms with Gasteiger partial charge in [-0.15, -0.1) is 0 Å². The number of rotatable bonds is 1. The van der Waals surface area contributed by atoms with Gasteiger partial charge < -0.3 is 5.32 Å². The van der Waals surface area contributed by atoms with Crippen molar-refractivity contribution in [2.45, 2.75) is 26.2 Å². The maximum absolute atomic E-state index is 3.42. The minimum atomic E-state index is 0.840. The average Bonchev–Trinajstić information content (AvgIpc) is 2.13. The molecule has 0 amide bonds. The first-order valence-corrected chi connectivity index (χ1v) is 3.97. The fraction of sp³-hybridized carbons (Fsp3) is 0.875.